The first-order chi connectivity index (χ1) is 6.16. The molecule has 0 aliphatic heterocycles. The Labute approximate surface area is 78.0 Å². The van der Waals surface area contributed by atoms with Crippen molar-refractivity contribution in [3.63, 3.8) is 0 Å². The Balaban J connectivity index is 2.87. The summed E-state index contributed by atoms with van der Waals surface area (Å²) < 4.78 is 25.8. The molecule has 1 aromatic carbocycles. The lowest BCUT2D eigenvalue weighted by Gasteiger charge is -1.99. The zero-order valence-corrected chi connectivity index (χ0v) is 7.15. The Morgan fingerprint density at radius 3 is 2.69 bits per heavy atom. The summed E-state index contributed by atoms with van der Waals surface area (Å²) in [6, 6.07) is 3.39. The van der Waals surface area contributed by atoms with E-state index in [1.807, 2.05) is 0 Å². The number of nitrogens with zero attached hydrogens (tertiary/aromatic N) is 1. The maximum absolute atomic E-state index is 13.1. The molecule has 0 atom stereocenters. The van der Waals surface area contributed by atoms with Crippen LogP contribution >= 0.6 is 11.6 Å². The molecule has 2 aromatic rings. The maximum Gasteiger partial charge on any atom is 0.134 e. The van der Waals surface area contributed by atoms with E-state index in [-0.39, 0.29) is 10.5 Å². The van der Waals surface area contributed by atoms with Gasteiger partial charge in [-0.25, -0.2) is 13.8 Å². The molecule has 0 fully saturated rings. The Kier molecular flexibility index (Phi) is 1.88. The summed E-state index contributed by atoms with van der Waals surface area (Å²) >= 11 is 5.56. The summed E-state index contributed by atoms with van der Waals surface area (Å²) in [7, 11) is 0. The van der Waals surface area contributed by atoms with Gasteiger partial charge in [0.2, 0.25) is 0 Å². The number of hydrogen-bond acceptors (Lipinski definition) is 1. The van der Waals surface area contributed by atoms with Crippen LogP contribution in [-0.2, 0) is 0 Å². The van der Waals surface area contributed by atoms with E-state index < -0.39 is 11.6 Å². The summed E-state index contributed by atoms with van der Waals surface area (Å²) in [6.07, 6.45) is 1.34. The Morgan fingerprint density at radius 1 is 1.15 bits per heavy atom. The van der Waals surface area contributed by atoms with Crippen molar-refractivity contribution in [1.29, 1.82) is 0 Å². The highest BCUT2D eigenvalue weighted by molar-refractivity contribution is 6.30. The number of fused-ring (bicyclic) bond motifs is 1. The number of rotatable bonds is 0. The second-order valence-corrected chi connectivity index (χ2v) is 3.00. The van der Waals surface area contributed by atoms with Gasteiger partial charge in [-0.15, -0.1) is 0 Å². The monoisotopic (exact) mass is 199 g/mol. The third-order valence-corrected chi connectivity index (χ3v) is 1.92. The van der Waals surface area contributed by atoms with E-state index >= 15 is 0 Å². The number of benzene rings is 1. The Bertz CT molecular complexity index is 470. The minimum absolute atomic E-state index is 0.193. The van der Waals surface area contributed by atoms with Crippen LogP contribution in [0.15, 0.2) is 24.4 Å². The molecule has 0 amide bonds. The number of pyridine rings is 1. The van der Waals surface area contributed by atoms with E-state index in [0.717, 1.165) is 6.07 Å². The summed E-state index contributed by atoms with van der Waals surface area (Å²) in [6.45, 7) is 0. The minimum Gasteiger partial charge on any atom is -0.244 e. The molecule has 66 valence electrons. The predicted octanol–water partition coefficient (Wildman–Crippen LogP) is 3.17. The van der Waals surface area contributed by atoms with Gasteiger partial charge in [0, 0.05) is 23.0 Å². The summed E-state index contributed by atoms with van der Waals surface area (Å²) in [4.78, 5) is 3.72. The molecule has 0 unspecified atom stereocenters. The van der Waals surface area contributed by atoms with Crippen molar-refractivity contribution in [2.45, 2.75) is 0 Å². The van der Waals surface area contributed by atoms with E-state index in [2.05, 4.69) is 4.98 Å². The molecule has 1 aromatic heterocycles. The van der Waals surface area contributed by atoms with Gasteiger partial charge >= 0.3 is 0 Å². The molecule has 0 radical (unpaired) electrons. The lowest BCUT2D eigenvalue weighted by Crippen LogP contribution is -1.85. The van der Waals surface area contributed by atoms with Gasteiger partial charge in [0.1, 0.15) is 16.8 Å². The van der Waals surface area contributed by atoms with Crippen molar-refractivity contribution in [2.24, 2.45) is 0 Å². The highest BCUT2D eigenvalue weighted by Crippen LogP contribution is 2.21. The average molecular weight is 200 g/mol. The number of halogens is 3. The highest BCUT2D eigenvalue weighted by Gasteiger charge is 2.04. The van der Waals surface area contributed by atoms with Crippen molar-refractivity contribution in [3.05, 3.63) is 41.2 Å². The summed E-state index contributed by atoms with van der Waals surface area (Å²) in [5.41, 5.74) is 0. The van der Waals surface area contributed by atoms with E-state index in [4.69, 9.17) is 11.6 Å². The summed E-state index contributed by atoms with van der Waals surface area (Å²) in [5, 5.41) is 0.876. The third-order valence-electron chi connectivity index (χ3n) is 1.72. The van der Waals surface area contributed by atoms with Crippen LogP contribution in [0, 0.1) is 11.6 Å². The van der Waals surface area contributed by atoms with Crippen LogP contribution in [-0.4, -0.2) is 4.98 Å². The van der Waals surface area contributed by atoms with Crippen LogP contribution in [0.2, 0.25) is 5.15 Å². The summed E-state index contributed by atoms with van der Waals surface area (Å²) in [5.74, 6) is -1.24. The lowest BCUT2D eigenvalue weighted by molar-refractivity contribution is 0.592. The molecule has 0 aliphatic carbocycles. The molecule has 0 saturated carbocycles. The molecule has 1 nitrogen and oxygen atoms in total. The number of hydrogen-bond donors (Lipinski definition) is 0. The van der Waals surface area contributed by atoms with Gasteiger partial charge in [-0.05, 0) is 12.1 Å². The van der Waals surface area contributed by atoms with Gasteiger partial charge in [0.05, 0.1) is 0 Å². The second kappa shape index (κ2) is 2.92. The first-order valence-corrected chi connectivity index (χ1v) is 3.95. The molecule has 0 spiro atoms. The van der Waals surface area contributed by atoms with Crippen molar-refractivity contribution >= 4 is 22.4 Å². The van der Waals surface area contributed by atoms with E-state index in [0.29, 0.717) is 5.39 Å². The van der Waals surface area contributed by atoms with Crippen LogP contribution < -0.4 is 0 Å². The molecule has 0 aliphatic rings. The van der Waals surface area contributed by atoms with Crippen LogP contribution in [0.3, 0.4) is 0 Å². The van der Waals surface area contributed by atoms with Crippen LogP contribution in [0.4, 0.5) is 8.78 Å². The lowest BCUT2D eigenvalue weighted by atomic mass is 10.2. The first kappa shape index (κ1) is 8.38. The van der Waals surface area contributed by atoms with Crippen LogP contribution in [0.1, 0.15) is 0 Å². The van der Waals surface area contributed by atoms with E-state index in [9.17, 15) is 8.78 Å². The fourth-order valence-electron chi connectivity index (χ4n) is 1.15. The largest absolute Gasteiger partial charge is 0.244 e. The van der Waals surface area contributed by atoms with Crippen LogP contribution in [0.5, 0.6) is 0 Å². The SMILES string of the molecule is Fc1cc(F)c2cc(Cl)ncc2c1. The zero-order chi connectivity index (χ0) is 9.42. The molecule has 2 rings (SSSR count). The van der Waals surface area contributed by atoms with Crippen molar-refractivity contribution in [2.75, 3.05) is 0 Å². The number of aromatic nitrogens is 1. The third kappa shape index (κ3) is 1.47. The highest BCUT2D eigenvalue weighted by atomic mass is 35.5. The topological polar surface area (TPSA) is 12.9 Å². The minimum atomic E-state index is -0.626. The fraction of sp³-hybridized carbons (Fsp3) is 0. The van der Waals surface area contributed by atoms with Gasteiger partial charge in [-0.1, -0.05) is 11.6 Å². The molecule has 0 N–H and O–H groups in total. The standard InChI is InChI=1S/C9H4ClF2N/c10-9-3-7-5(4-13-9)1-6(11)2-8(7)12/h1-4H. The molecule has 0 bridgehead atoms. The van der Waals surface area contributed by atoms with Gasteiger partial charge < -0.3 is 0 Å². The average Bonchev–Trinajstić information content (AvgIpc) is 2.06. The first-order valence-electron chi connectivity index (χ1n) is 3.57. The van der Waals surface area contributed by atoms with Crippen molar-refractivity contribution in [1.82, 2.24) is 4.98 Å². The predicted molar refractivity (Wildman–Crippen MR) is 46.7 cm³/mol. The second-order valence-electron chi connectivity index (χ2n) is 2.62. The Morgan fingerprint density at radius 2 is 1.92 bits per heavy atom. The molecule has 0 saturated heterocycles. The molecule has 13 heavy (non-hydrogen) atoms. The van der Waals surface area contributed by atoms with Gasteiger partial charge in [0.15, 0.2) is 0 Å². The van der Waals surface area contributed by atoms with Crippen molar-refractivity contribution in [3.8, 4) is 0 Å². The smallest absolute Gasteiger partial charge is 0.134 e. The molecular formula is C9H4ClF2N. The maximum atomic E-state index is 13.1. The fourth-order valence-corrected chi connectivity index (χ4v) is 1.31. The quantitative estimate of drug-likeness (QED) is 0.594. The Hall–Kier alpha value is -1.22. The van der Waals surface area contributed by atoms with E-state index in [1.54, 1.807) is 0 Å². The van der Waals surface area contributed by atoms with E-state index in [1.165, 1.54) is 18.3 Å². The molecule has 4 heteroatoms. The van der Waals surface area contributed by atoms with Gasteiger partial charge in [0.25, 0.3) is 0 Å². The van der Waals surface area contributed by atoms with Gasteiger partial charge in [-0.2, -0.15) is 0 Å². The van der Waals surface area contributed by atoms with Gasteiger partial charge in [-0.3, -0.25) is 0 Å². The molecule has 1 heterocycles. The van der Waals surface area contributed by atoms with Crippen LogP contribution in [0.25, 0.3) is 10.8 Å². The van der Waals surface area contributed by atoms with Crippen molar-refractivity contribution < 1.29 is 8.78 Å². The molecular weight excluding hydrogens is 196 g/mol. The zero-order valence-electron chi connectivity index (χ0n) is 6.39. The normalized spacial score (nSPS) is 10.7.